The Labute approximate surface area is 120 Å². The Morgan fingerprint density at radius 2 is 2.40 bits per heavy atom. The van der Waals surface area contributed by atoms with Crippen LogP contribution in [-0.2, 0) is 14.3 Å². The Balaban J connectivity index is 1.90. The Hall–Kier alpha value is -1.05. The molecule has 3 atom stereocenters. The van der Waals surface area contributed by atoms with Gasteiger partial charge in [0.1, 0.15) is 10.6 Å². The molecule has 3 heterocycles. The number of hydrogen-bond acceptors (Lipinski definition) is 5. The number of aliphatic carboxylic acids is 1. The molecular formula is C13H17NO5S. The van der Waals surface area contributed by atoms with E-state index >= 15 is 0 Å². The van der Waals surface area contributed by atoms with E-state index in [1.807, 2.05) is 0 Å². The third-order valence-corrected chi connectivity index (χ3v) is 5.80. The summed E-state index contributed by atoms with van der Waals surface area (Å²) in [4.78, 5) is 24.5. The predicted octanol–water partition coefficient (Wildman–Crippen LogP) is 0.765. The minimum absolute atomic E-state index is 0.0547. The van der Waals surface area contributed by atoms with Crippen LogP contribution in [-0.4, -0.2) is 51.2 Å². The third-order valence-electron chi connectivity index (χ3n) is 4.17. The molecule has 110 valence electrons. The zero-order valence-electron chi connectivity index (χ0n) is 11.2. The first-order chi connectivity index (χ1) is 9.45. The van der Waals surface area contributed by atoms with Crippen LogP contribution < -0.4 is 0 Å². The molecule has 3 aliphatic heterocycles. The fraction of sp³-hybridized carbons (Fsp3) is 0.692. The lowest BCUT2D eigenvalue weighted by Crippen LogP contribution is -2.64. The molecule has 2 fully saturated rings. The monoisotopic (exact) mass is 299 g/mol. The highest BCUT2D eigenvalue weighted by molar-refractivity contribution is 8.04. The van der Waals surface area contributed by atoms with Crippen molar-refractivity contribution in [3.8, 4) is 0 Å². The van der Waals surface area contributed by atoms with Gasteiger partial charge in [-0.2, -0.15) is 0 Å². The second-order valence-electron chi connectivity index (χ2n) is 5.54. The molecular weight excluding hydrogens is 282 g/mol. The SMILES string of the molecule is C[C@@H](O)C12CC(=O)N1C(C(=O)O)=C(CC1CCOC1)S2. The number of allylic oxidation sites excluding steroid dienone is 1. The molecule has 0 bridgehead atoms. The van der Waals surface area contributed by atoms with Crippen LogP contribution in [0.5, 0.6) is 0 Å². The molecule has 2 saturated heterocycles. The summed E-state index contributed by atoms with van der Waals surface area (Å²) in [6.45, 7) is 2.94. The number of hydrogen-bond donors (Lipinski definition) is 2. The van der Waals surface area contributed by atoms with Gasteiger partial charge in [0.15, 0.2) is 0 Å². The first-order valence-corrected chi connectivity index (χ1v) is 7.51. The quantitative estimate of drug-likeness (QED) is 0.746. The number of aliphatic hydroxyl groups is 1. The molecule has 3 rings (SSSR count). The lowest BCUT2D eigenvalue weighted by Gasteiger charge is -2.48. The van der Waals surface area contributed by atoms with Crippen LogP contribution in [0.1, 0.15) is 26.2 Å². The molecule has 0 aromatic carbocycles. The number of thioether (sulfide) groups is 1. The molecule has 3 aliphatic rings. The van der Waals surface area contributed by atoms with Gasteiger partial charge in [0, 0.05) is 18.1 Å². The van der Waals surface area contributed by atoms with E-state index in [4.69, 9.17) is 4.74 Å². The van der Waals surface area contributed by atoms with Gasteiger partial charge in [-0.25, -0.2) is 4.79 Å². The van der Waals surface area contributed by atoms with Crippen LogP contribution in [0.3, 0.4) is 0 Å². The lowest BCUT2D eigenvalue weighted by atomic mass is 9.94. The Bertz CT molecular complexity index is 497. The van der Waals surface area contributed by atoms with Crippen LogP contribution in [0, 0.1) is 5.92 Å². The number of aliphatic hydroxyl groups excluding tert-OH is 1. The molecule has 1 amide bonds. The highest BCUT2D eigenvalue weighted by Gasteiger charge is 2.62. The van der Waals surface area contributed by atoms with Crippen LogP contribution >= 0.6 is 11.8 Å². The molecule has 6 nitrogen and oxygen atoms in total. The zero-order valence-corrected chi connectivity index (χ0v) is 12.0. The second-order valence-corrected chi connectivity index (χ2v) is 6.94. The van der Waals surface area contributed by atoms with Gasteiger partial charge < -0.3 is 14.9 Å². The number of carboxylic acid groups (broad SMARTS) is 1. The smallest absolute Gasteiger partial charge is 0.353 e. The van der Waals surface area contributed by atoms with E-state index in [1.165, 1.54) is 16.7 Å². The van der Waals surface area contributed by atoms with Crippen molar-refractivity contribution < 1.29 is 24.5 Å². The molecule has 0 aliphatic carbocycles. The van der Waals surface area contributed by atoms with Gasteiger partial charge in [-0.1, -0.05) is 11.8 Å². The highest BCUT2D eigenvalue weighted by Crippen LogP contribution is 2.58. The Morgan fingerprint density at radius 3 is 2.90 bits per heavy atom. The first kappa shape index (κ1) is 13.9. The summed E-state index contributed by atoms with van der Waals surface area (Å²) >= 11 is 1.34. The third kappa shape index (κ3) is 1.88. The highest BCUT2D eigenvalue weighted by atomic mass is 32.2. The average Bonchev–Trinajstić information content (AvgIpc) is 2.93. The molecule has 20 heavy (non-hydrogen) atoms. The van der Waals surface area contributed by atoms with Crippen molar-refractivity contribution in [2.75, 3.05) is 13.2 Å². The Kier molecular flexibility index (Phi) is 3.30. The lowest BCUT2D eigenvalue weighted by molar-refractivity contribution is -0.155. The number of rotatable bonds is 4. The van der Waals surface area contributed by atoms with Crippen molar-refractivity contribution in [2.45, 2.75) is 37.2 Å². The van der Waals surface area contributed by atoms with E-state index in [1.54, 1.807) is 6.92 Å². The molecule has 0 saturated carbocycles. The molecule has 0 aromatic rings. The predicted molar refractivity (Wildman–Crippen MR) is 71.7 cm³/mol. The second kappa shape index (κ2) is 4.75. The van der Waals surface area contributed by atoms with Crippen molar-refractivity contribution in [1.82, 2.24) is 4.90 Å². The molecule has 0 aromatic heterocycles. The van der Waals surface area contributed by atoms with Crippen molar-refractivity contribution in [2.24, 2.45) is 5.92 Å². The van der Waals surface area contributed by atoms with Gasteiger partial charge in [-0.15, -0.1) is 0 Å². The van der Waals surface area contributed by atoms with Crippen molar-refractivity contribution in [1.29, 1.82) is 0 Å². The summed E-state index contributed by atoms with van der Waals surface area (Å²) in [5.74, 6) is -1.03. The first-order valence-electron chi connectivity index (χ1n) is 6.70. The van der Waals surface area contributed by atoms with E-state index in [0.29, 0.717) is 30.5 Å². The molecule has 0 radical (unpaired) electrons. The van der Waals surface area contributed by atoms with Gasteiger partial charge in [-0.3, -0.25) is 9.69 Å². The van der Waals surface area contributed by atoms with Crippen molar-refractivity contribution in [3.05, 3.63) is 10.6 Å². The minimum Gasteiger partial charge on any atom is -0.477 e. The van der Waals surface area contributed by atoms with Crippen LogP contribution in [0.4, 0.5) is 0 Å². The maximum absolute atomic E-state index is 11.8. The summed E-state index contributed by atoms with van der Waals surface area (Å²) in [7, 11) is 0. The Morgan fingerprint density at radius 1 is 1.65 bits per heavy atom. The van der Waals surface area contributed by atoms with E-state index in [0.717, 1.165) is 6.42 Å². The number of carbonyl (C=O) groups excluding carboxylic acids is 1. The van der Waals surface area contributed by atoms with Gasteiger partial charge in [0.25, 0.3) is 0 Å². The zero-order chi connectivity index (χ0) is 14.5. The molecule has 0 spiro atoms. The fourth-order valence-corrected chi connectivity index (χ4v) is 4.73. The van der Waals surface area contributed by atoms with Crippen LogP contribution in [0.2, 0.25) is 0 Å². The molecule has 2 unspecified atom stereocenters. The van der Waals surface area contributed by atoms with E-state index in [-0.39, 0.29) is 18.0 Å². The summed E-state index contributed by atoms with van der Waals surface area (Å²) < 4.78 is 5.32. The minimum atomic E-state index is -1.10. The van der Waals surface area contributed by atoms with E-state index in [2.05, 4.69) is 0 Å². The van der Waals surface area contributed by atoms with Crippen molar-refractivity contribution in [3.63, 3.8) is 0 Å². The maximum Gasteiger partial charge on any atom is 0.353 e. The fourth-order valence-electron chi connectivity index (χ4n) is 3.06. The average molecular weight is 299 g/mol. The maximum atomic E-state index is 11.8. The molecule has 7 heteroatoms. The standard InChI is InChI=1S/C13H17NO5S/c1-7(15)13-5-10(16)14(13)11(12(17)18)9(20-13)4-8-2-3-19-6-8/h7-8,15H,2-6H2,1H3,(H,17,18)/t7-,8?,13?/m1/s1. The summed E-state index contributed by atoms with van der Waals surface area (Å²) in [6.07, 6.45) is 0.936. The number of carbonyl (C=O) groups is 2. The van der Waals surface area contributed by atoms with Crippen molar-refractivity contribution >= 4 is 23.6 Å². The van der Waals surface area contributed by atoms with Gasteiger partial charge in [-0.05, 0) is 25.7 Å². The summed E-state index contributed by atoms with van der Waals surface area (Å²) in [5.41, 5.74) is 0.0547. The van der Waals surface area contributed by atoms with E-state index in [9.17, 15) is 19.8 Å². The number of fused-ring (bicyclic) bond motifs is 1. The largest absolute Gasteiger partial charge is 0.477 e. The summed E-state index contributed by atoms with van der Waals surface area (Å²) in [5, 5.41) is 19.4. The number of amides is 1. The molecule has 2 N–H and O–H groups in total. The number of ether oxygens (including phenoxy) is 1. The topological polar surface area (TPSA) is 87.1 Å². The van der Waals surface area contributed by atoms with Gasteiger partial charge >= 0.3 is 5.97 Å². The van der Waals surface area contributed by atoms with Crippen LogP contribution in [0.15, 0.2) is 10.6 Å². The number of carboxylic acids is 1. The van der Waals surface area contributed by atoms with E-state index < -0.39 is 16.9 Å². The number of nitrogens with zero attached hydrogens (tertiary/aromatic N) is 1. The number of β-lactam (4-membered cyclic amide) rings is 1. The normalized spacial score (nSPS) is 34.2. The summed E-state index contributed by atoms with van der Waals surface area (Å²) in [6, 6.07) is 0. The van der Waals surface area contributed by atoms with Gasteiger partial charge in [0.2, 0.25) is 5.91 Å². The van der Waals surface area contributed by atoms with Gasteiger partial charge in [0.05, 0.1) is 12.5 Å². The van der Waals surface area contributed by atoms with Crippen LogP contribution in [0.25, 0.3) is 0 Å².